The highest BCUT2D eigenvalue weighted by Gasteiger charge is 2.06. The van der Waals surface area contributed by atoms with Gasteiger partial charge in [-0.2, -0.15) is 0 Å². The zero-order valence-corrected chi connectivity index (χ0v) is 9.32. The molecule has 0 fully saturated rings. The van der Waals surface area contributed by atoms with E-state index in [9.17, 15) is 9.59 Å². The quantitative estimate of drug-likeness (QED) is 0.641. The van der Waals surface area contributed by atoms with Crippen LogP contribution in [0.15, 0.2) is 30.4 Å². The van der Waals surface area contributed by atoms with Gasteiger partial charge in [0, 0.05) is 11.6 Å². The van der Waals surface area contributed by atoms with Gasteiger partial charge in [0.05, 0.1) is 12.1 Å². The third-order valence-electron chi connectivity index (χ3n) is 1.84. The highest BCUT2D eigenvalue weighted by Crippen LogP contribution is 2.25. The molecule has 84 valence electrons. The molecule has 16 heavy (non-hydrogen) atoms. The van der Waals surface area contributed by atoms with Gasteiger partial charge in [-0.3, -0.25) is 9.59 Å². The van der Waals surface area contributed by atoms with E-state index in [1.54, 1.807) is 12.1 Å². The zero-order chi connectivity index (χ0) is 12.1. The number of benzene rings is 1. The molecule has 1 aromatic carbocycles. The van der Waals surface area contributed by atoms with Crippen LogP contribution in [0.5, 0.6) is 5.75 Å². The molecule has 0 saturated carbocycles. The largest absolute Gasteiger partial charge is 0.495 e. The molecular formula is C11H10ClNO3. The van der Waals surface area contributed by atoms with Crippen molar-refractivity contribution in [1.82, 2.24) is 0 Å². The molecule has 1 rings (SSSR count). The van der Waals surface area contributed by atoms with Gasteiger partial charge >= 0.3 is 0 Å². The van der Waals surface area contributed by atoms with Crippen LogP contribution in [0.3, 0.4) is 0 Å². The summed E-state index contributed by atoms with van der Waals surface area (Å²) in [5.74, 6) is -0.534. The van der Waals surface area contributed by atoms with Crippen LogP contribution in [0.4, 0.5) is 0 Å². The molecule has 0 unspecified atom stereocenters. The number of carbonyl (C=O) groups is 2. The molecule has 0 atom stereocenters. The first-order valence-corrected chi connectivity index (χ1v) is 4.77. The summed E-state index contributed by atoms with van der Waals surface area (Å²) < 4.78 is 4.94. The van der Waals surface area contributed by atoms with E-state index in [1.165, 1.54) is 13.2 Å². The van der Waals surface area contributed by atoms with Crippen LogP contribution in [-0.4, -0.2) is 18.8 Å². The molecule has 0 radical (unpaired) electrons. The Morgan fingerprint density at radius 1 is 1.38 bits per heavy atom. The Labute approximate surface area is 97.6 Å². The minimum atomic E-state index is -0.673. The van der Waals surface area contributed by atoms with Crippen molar-refractivity contribution in [2.45, 2.75) is 0 Å². The fourth-order valence-electron chi connectivity index (χ4n) is 1.07. The Morgan fingerprint density at radius 3 is 2.56 bits per heavy atom. The topological polar surface area (TPSA) is 69.4 Å². The number of hydrogen-bond donors (Lipinski definition) is 1. The van der Waals surface area contributed by atoms with Gasteiger partial charge in [-0.05, 0) is 24.3 Å². The molecule has 0 saturated heterocycles. The average molecular weight is 240 g/mol. The van der Waals surface area contributed by atoms with Gasteiger partial charge in [-0.1, -0.05) is 11.6 Å². The minimum Gasteiger partial charge on any atom is -0.495 e. The van der Waals surface area contributed by atoms with E-state index in [2.05, 4.69) is 0 Å². The van der Waals surface area contributed by atoms with Crippen LogP contribution in [0.2, 0.25) is 5.02 Å². The van der Waals surface area contributed by atoms with Crippen molar-refractivity contribution >= 4 is 23.3 Å². The zero-order valence-electron chi connectivity index (χ0n) is 8.57. The van der Waals surface area contributed by atoms with Crippen molar-refractivity contribution in [3.63, 3.8) is 0 Å². The summed E-state index contributed by atoms with van der Waals surface area (Å²) in [6.45, 7) is 0. The number of hydrogen-bond acceptors (Lipinski definition) is 3. The van der Waals surface area contributed by atoms with Gasteiger partial charge in [-0.25, -0.2) is 0 Å². The fraction of sp³-hybridized carbons (Fsp3) is 0.0909. The van der Waals surface area contributed by atoms with Crippen molar-refractivity contribution in [2.75, 3.05) is 7.11 Å². The van der Waals surface area contributed by atoms with Crippen molar-refractivity contribution in [2.24, 2.45) is 5.73 Å². The highest BCUT2D eigenvalue weighted by atomic mass is 35.5. The van der Waals surface area contributed by atoms with Crippen LogP contribution in [0, 0.1) is 0 Å². The average Bonchev–Trinajstić information content (AvgIpc) is 2.25. The third kappa shape index (κ3) is 3.10. The molecule has 0 bridgehead atoms. The molecule has 0 spiro atoms. The number of methoxy groups -OCH3 is 1. The Balaban J connectivity index is 2.93. The van der Waals surface area contributed by atoms with Crippen molar-refractivity contribution in [1.29, 1.82) is 0 Å². The summed E-state index contributed by atoms with van der Waals surface area (Å²) in [4.78, 5) is 21.9. The number of carbonyl (C=O) groups excluding carboxylic acids is 2. The van der Waals surface area contributed by atoms with Crippen molar-refractivity contribution < 1.29 is 14.3 Å². The van der Waals surface area contributed by atoms with E-state index in [1.807, 2.05) is 0 Å². The van der Waals surface area contributed by atoms with E-state index in [0.717, 1.165) is 12.2 Å². The van der Waals surface area contributed by atoms with Crippen molar-refractivity contribution in [3.05, 3.63) is 40.9 Å². The second kappa shape index (κ2) is 5.32. The van der Waals surface area contributed by atoms with E-state index >= 15 is 0 Å². The number of amides is 1. The Kier molecular flexibility index (Phi) is 4.08. The van der Waals surface area contributed by atoms with Crippen LogP contribution in [0.1, 0.15) is 10.4 Å². The molecule has 0 heterocycles. The number of halogens is 1. The van der Waals surface area contributed by atoms with Gasteiger partial charge in [0.2, 0.25) is 5.91 Å². The molecule has 0 aliphatic rings. The van der Waals surface area contributed by atoms with E-state index in [-0.39, 0.29) is 5.78 Å². The monoisotopic (exact) mass is 239 g/mol. The first kappa shape index (κ1) is 12.3. The lowest BCUT2D eigenvalue weighted by atomic mass is 10.1. The molecule has 0 aliphatic carbocycles. The first-order chi connectivity index (χ1) is 7.54. The van der Waals surface area contributed by atoms with Gasteiger partial charge in [0.25, 0.3) is 0 Å². The fourth-order valence-corrected chi connectivity index (χ4v) is 1.33. The number of allylic oxidation sites excluding steroid dienone is 1. The molecular weight excluding hydrogens is 230 g/mol. The van der Waals surface area contributed by atoms with Gasteiger partial charge in [-0.15, -0.1) is 0 Å². The number of primary amides is 1. The third-order valence-corrected chi connectivity index (χ3v) is 2.13. The van der Waals surface area contributed by atoms with Crippen molar-refractivity contribution in [3.8, 4) is 5.75 Å². The molecule has 0 aliphatic heterocycles. The molecule has 4 nitrogen and oxygen atoms in total. The van der Waals surface area contributed by atoms with E-state index in [0.29, 0.717) is 16.3 Å². The summed E-state index contributed by atoms with van der Waals surface area (Å²) in [7, 11) is 1.48. The summed E-state index contributed by atoms with van der Waals surface area (Å²) in [6.07, 6.45) is 2.10. The predicted octanol–water partition coefficient (Wildman–Crippen LogP) is 1.57. The smallest absolute Gasteiger partial charge is 0.241 e. The maximum absolute atomic E-state index is 11.5. The number of ether oxygens (including phenoxy) is 1. The second-order valence-electron chi connectivity index (χ2n) is 2.95. The number of ketones is 1. The van der Waals surface area contributed by atoms with Crippen LogP contribution < -0.4 is 10.5 Å². The predicted molar refractivity (Wildman–Crippen MR) is 60.7 cm³/mol. The maximum atomic E-state index is 11.5. The first-order valence-electron chi connectivity index (χ1n) is 4.40. The Morgan fingerprint density at radius 2 is 2.06 bits per heavy atom. The summed E-state index contributed by atoms with van der Waals surface area (Å²) in [5.41, 5.74) is 5.23. The van der Waals surface area contributed by atoms with Crippen LogP contribution in [-0.2, 0) is 4.79 Å². The lowest BCUT2D eigenvalue weighted by Crippen LogP contribution is -2.07. The lowest BCUT2D eigenvalue weighted by molar-refractivity contribution is -0.113. The van der Waals surface area contributed by atoms with Gasteiger partial charge < -0.3 is 10.5 Å². The Bertz CT molecular complexity index is 455. The summed E-state index contributed by atoms with van der Waals surface area (Å²) >= 11 is 5.84. The van der Waals surface area contributed by atoms with Crippen LogP contribution in [0.25, 0.3) is 0 Å². The number of rotatable bonds is 4. The molecule has 0 aromatic heterocycles. The molecule has 1 amide bonds. The molecule has 1 aromatic rings. The Hall–Kier alpha value is -1.81. The van der Waals surface area contributed by atoms with E-state index < -0.39 is 5.91 Å². The van der Waals surface area contributed by atoms with Crippen LogP contribution >= 0.6 is 11.6 Å². The van der Waals surface area contributed by atoms with Gasteiger partial charge in [0.15, 0.2) is 5.78 Å². The standard InChI is InChI=1S/C11H10ClNO3/c1-16-10-4-2-7(6-8(10)12)9(14)3-5-11(13)15/h2-6H,1H3,(H2,13,15). The van der Waals surface area contributed by atoms with E-state index in [4.69, 9.17) is 22.1 Å². The second-order valence-corrected chi connectivity index (χ2v) is 3.36. The maximum Gasteiger partial charge on any atom is 0.241 e. The SMILES string of the molecule is COc1ccc(C(=O)C=CC(N)=O)cc1Cl. The summed E-state index contributed by atoms with van der Waals surface area (Å²) in [6, 6.07) is 4.60. The highest BCUT2D eigenvalue weighted by molar-refractivity contribution is 6.32. The molecule has 5 heteroatoms. The normalized spacial score (nSPS) is 10.4. The minimum absolute atomic E-state index is 0.334. The lowest BCUT2D eigenvalue weighted by Gasteiger charge is -2.03. The summed E-state index contributed by atoms with van der Waals surface area (Å²) in [5, 5.41) is 0.334. The molecule has 2 N–H and O–H groups in total. The number of nitrogens with two attached hydrogens (primary N) is 1. The van der Waals surface area contributed by atoms with Gasteiger partial charge in [0.1, 0.15) is 5.75 Å².